The van der Waals surface area contributed by atoms with E-state index < -0.39 is 6.04 Å². The number of hydrogen-bond donors (Lipinski definition) is 0. The molecule has 1 fully saturated rings. The van der Waals surface area contributed by atoms with E-state index in [2.05, 4.69) is 0 Å². The molecule has 0 saturated carbocycles. The van der Waals surface area contributed by atoms with E-state index in [9.17, 15) is 14.4 Å². The number of carbonyl (C=O) groups is 3. The molecular formula is C11H7NO3S. The lowest BCUT2D eigenvalue weighted by atomic mass is 10.1. The van der Waals surface area contributed by atoms with Crippen molar-refractivity contribution in [3.05, 3.63) is 35.4 Å². The molecular weight excluding hydrogens is 226 g/mol. The van der Waals surface area contributed by atoms with Crippen LogP contribution < -0.4 is 0 Å². The number of fused-ring (bicyclic) bond motifs is 1. The lowest BCUT2D eigenvalue weighted by Gasteiger charge is -2.30. The quantitative estimate of drug-likeness (QED) is 0.677. The number of amides is 2. The second-order valence-electron chi connectivity index (χ2n) is 3.67. The van der Waals surface area contributed by atoms with Crippen LogP contribution >= 0.6 is 11.8 Å². The van der Waals surface area contributed by atoms with Gasteiger partial charge in [-0.05, 0) is 12.1 Å². The van der Waals surface area contributed by atoms with Crippen LogP contribution in [-0.2, 0) is 4.79 Å². The van der Waals surface area contributed by atoms with E-state index >= 15 is 0 Å². The topological polar surface area (TPSA) is 54.5 Å². The third kappa shape index (κ3) is 1.09. The zero-order chi connectivity index (χ0) is 11.3. The molecule has 0 aromatic heterocycles. The maximum atomic E-state index is 11.9. The molecule has 0 spiro atoms. The Balaban J connectivity index is 2.04. The van der Waals surface area contributed by atoms with E-state index in [0.29, 0.717) is 16.9 Å². The van der Waals surface area contributed by atoms with Crippen molar-refractivity contribution < 1.29 is 14.4 Å². The minimum Gasteiger partial charge on any atom is -0.285 e. The summed E-state index contributed by atoms with van der Waals surface area (Å²) in [6.45, 7) is 0. The summed E-state index contributed by atoms with van der Waals surface area (Å²) in [6.07, 6.45) is 0. The predicted octanol–water partition coefficient (Wildman–Crippen LogP) is 0.925. The molecule has 0 aliphatic carbocycles. The molecule has 2 amide bonds. The van der Waals surface area contributed by atoms with Gasteiger partial charge in [0.15, 0.2) is 0 Å². The minimum absolute atomic E-state index is 0.102. The van der Waals surface area contributed by atoms with Gasteiger partial charge in [-0.3, -0.25) is 19.3 Å². The first-order valence-electron chi connectivity index (χ1n) is 4.83. The third-order valence-corrected chi connectivity index (χ3v) is 3.83. The predicted molar refractivity (Wildman–Crippen MR) is 58.2 cm³/mol. The lowest BCUT2D eigenvalue weighted by molar-refractivity contribution is -0.115. The van der Waals surface area contributed by atoms with Crippen molar-refractivity contribution in [2.75, 3.05) is 5.75 Å². The number of nitrogens with zero attached hydrogens (tertiary/aromatic N) is 1. The minimum atomic E-state index is -0.558. The zero-order valence-electron chi connectivity index (χ0n) is 8.17. The fourth-order valence-electron chi connectivity index (χ4n) is 1.90. The number of benzene rings is 1. The Morgan fingerprint density at radius 3 is 2.00 bits per heavy atom. The fourth-order valence-corrected chi connectivity index (χ4v) is 2.60. The van der Waals surface area contributed by atoms with Crippen molar-refractivity contribution in [1.29, 1.82) is 0 Å². The summed E-state index contributed by atoms with van der Waals surface area (Å²) in [5, 5.41) is -0.102. The van der Waals surface area contributed by atoms with Crippen LogP contribution in [0, 0.1) is 0 Å². The van der Waals surface area contributed by atoms with Crippen molar-refractivity contribution in [2.45, 2.75) is 6.04 Å². The maximum Gasteiger partial charge on any atom is 0.262 e. The van der Waals surface area contributed by atoms with Gasteiger partial charge in [-0.25, -0.2) is 0 Å². The molecule has 80 valence electrons. The van der Waals surface area contributed by atoms with Gasteiger partial charge in [0.2, 0.25) is 5.12 Å². The van der Waals surface area contributed by atoms with Crippen LogP contribution in [0.1, 0.15) is 20.7 Å². The summed E-state index contributed by atoms with van der Waals surface area (Å²) in [4.78, 5) is 36.2. The molecule has 0 N–H and O–H groups in total. The molecule has 3 rings (SSSR count). The van der Waals surface area contributed by atoms with Crippen molar-refractivity contribution in [3.8, 4) is 0 Å². The van der Waals surface area contributed by atoms with Gasteiger partial charge in [-0.1, -0.05) is 23.9 Å². The first-order chi connectivity index (χ1) is 7.70. The third-order valence-electron chi connectivity index (χ3n) is 2.79. The van der Waals surface area contributed by atoms with Crippen LogP contribution in [0.25, 0.3) is 0 Å². The van der Waals surface area contributed by atoms with Crippen molar-refractivity contribution in [2.24, 2.45) is 0 Å². The Bertz CT molecular complexity index is 491. The van der Waals surface area contributed by atoms with Crippen molar-refractivity contribution >= 4 is 28.7 Å². The normalized spacial score (nSPS) is 23.4. The first kappa shape index (κ1) is 9.59. The highest BCUT2D eigenvalue weighted by atomic mass is 32.2. The monoisotopic (exact) mass is 233 g/mol. The van der Waals surface area contributed by atoms with Crippen molar-refractivity contribution in [3.63, 3.8) is 0 Å². The largest absolute Gasteiger partial charge is 0.285 e. The van der Waals surface area contributed by atoms with Gasteiger partial charge in [0, 0.05) is 5.75 Å². The number of carbonyl (C=O) groups excluding carboxylic acids is 3. The maximum absolute atomic E-state index is 11.9. The summed E-state index contributed by atoms with van der Waals surface area (Å²) in [7, 11) is 0. The fraction of sp³-hybridized carbons (Fsp3) is 0.182. The van der Waals surface area contributed by atoms with Crippen LogP contribution in [0.4, 0.5) is 0 Å². The number of hydrogen-bond acceptors (Lipinski definition) is 4. The average Bonchev–Trinajstić information content (AvgIpc) is 2.54. The number of thioether (sulfide) groups is 1. The summed E-state index contributed by atoms with van der Waals surface area (Å²) < 4.78 is 0. The second-order valence-corrected chi connectivity index (χ2v) is 4.70. The molecule has 2 aliphatic heterocycles. The summed E-state index contributed by atoms with van der Waals surface area (Å²) in [5.41, 5.74) is 0.800. The second kappa shape index (κ2) is 3.18. The summed E-state index contributed by atoms with van der Waals surface area (Å²) in [5.74, 6) is -0.178. The van der Waals surface area contributed by atoms with E-state index in [1.165, 1.54) is 0 Å². The highest BCUT2D eigenvalue weighted by molar-refractivity contribution is 8.16. The van der Waals surface area contributed by atoms with Gasteiger partial charge in [-0.15, -0.1) is 0 Å². The molecule has 4 nitrogen and oxygen atoms in total. The first-order valence-corrected chi connectivity index (χ1v) is 5.82. The van der Waals surface area contributed by atoms with Crippen molar-refractivity contribution in [1.82, 2.24) is 4.90 Å². The molecule has 1 saturated heterocycles. The number of imide groups is 1. The lowest BCUT2D eigenvalue weighted by Crippen LogP contribution is -2.50. The Morgan fingerprint density at radius 2 is 1.62 bits per heavy atom. The molecule has 1 aromatic rings. The molecule has 2 heterocycles. The van der Waals surface area contributed by atoms with Gasteiger partial charge in [0.25, 0.3) is 11.8 Å². The Hall–Kier alpha value is -1.62. The van der Waals surface area contributed by atoms with Crippen LogP contribution in [-0.4, -0.2) is 33.6 Å². The van der Waals surface area contributed by atoms with Crippen LogP contribution in [0.2, 0.25) is 0 Å². The van der Waals surface area contributed by atoms with Crippen LogP contribution in [0.15, 0.2) is 24.3 Å². The van der Waals surface area contributed by atoms with E-state index in [1.807, 2.05) is 0 Å². The number of rotatable bonds is 1. The molecule has 0 unspecified atom stereocenters. The smallest absolute Gasteiger partial charge is 0.262 e. The summed E-state index contributed by atoms with van der Waals surface area (Å²) in [6, 6.07) is 6.10. The van der Waals surface area contributed by atoms with E-state index in [-0.39, 0.29) is 16.9 Å². The van der Waals surface area contributed by atoms with E-state index in [0.717, 1.165) is 16.7 Å². The molecule has 0 radical (unpaired) electrons. The van der Waals surface area contributed by atoms with Gasteiger partial charge in [0.1, 0.15) is 6.04 Å². The van der Waals surface area contributed by atoms with Gasteiger partial charge in [0.05, 0.1) is 11.1 Å². The van der Waals surface area contributed by atoms with Gasteiger partial charge < -0.3 is 0 Å². The van der Waals surface area contributed by atoms with Gasteiger partial charge >= 0.3 is 0 Å². The Kier molecular flexibility index (Phi) is 1.91. The van der Waals surface area contributed by atoms with E-state index in [1.54, 1.807) is 24.3 Å². The highest BCUT2D eigenvalue weighted by Crippen LogP contribution is 2.32. The van der Waals surface area contributed by atoms with Crippen LogP contribution in [0.3, 0.4) is 0 Å². The molecule has 0 bridgehead atoms. The average molecular weight is 233 g/mol. The highest BCUT2D eigenvalue weighted by Gasteiger charge is 2.46. The molecule has 16 heavy (non-hydrogen) atoms. The van der Waals surface area contributed by atoms with E-state index in [4.69, 9.17) is 0 Å². The molecule has 5 heteroatoms. The Labute approximate surface area is 95.6 Å². The van der Waals surface area contributed by atoms with Crippen LogP contribution in [0.5, 0.6) is 0 Å². The Morgan fingerprint density at radius 1 is 1.06 bits per heavy atom. The molecule has 2 aliphatic rings. The SMILES string of the molecule is O=C1SC[C@@H]1N1C(=O)c2ccccc2C1=O. The summed E-state index contributed by atoms with van der Waals surface area (Å²) >= 11 is 1.15. The standard InChI is InChI=1S/C11H7NO3S/c13-9-6-3-1-2-4-7(6)10(14)12(9)8-5-16-11(8)15/h1-4,8H,5H2/t8-/m0/s1. The zero-order valence-corrected chi connectivity index (χ0v) is 8.99. The molecule has 1 atom stereocenters. The molecule has 1 aromatic carbocycles. The van der Waals surface area contributed by atoms with Gasteiger partial charge in [-0.2, -0.15) is 0 Å².